The average molecular weight is 345 g/mol. The van der Waals surface area contributed by atoms with E-state index < -0.39 is 5.91 Å². The van der Waals surface area contributed by atoms with Crippen molar-refractivity contribution in [3.63, 3.8) is 0 Å². The maximum Gasteiger partial charge on any atom is 0.248 e. The van der Waals surface area contributed by atoms with Gasteiger partial charge in [-0.05, 0) is 60.7 Å². The molecule has 0 saturated carbocycles. The number of hydrogen-bond donors (Lipinski definition) is 2. The van der Waals surface area contributed by atoms with E-state index in [9.17, 15) is 4.79 Å². The number of carbonyl (C=O) groups is 1. The van der Waals surface area contributed by atoms with Crippen molar-refractivity contribution in [2.24, 2.45) is 5.73 Å². The van der Waals surface area contributed by atoms with E-state index in [-0.39, 0.29) is 5.28 Å². The minimum absolute atomic E-state index is 0.230. The lowest BCUT2D eigenvalue weighted by Crippen LogP contribution is -2.10. The van der Waals surface area contributed by atoms with E-state index in [2.05, 4.69) is 15.3 Å². The van der Waals surface area contributed by atoms with Crippen LogP contribution in [-0.2, 0) is 12.8 Å². The van der Waals surface area contributed by atoms with Crippen LogP contribution in [0.5, 0.6) is 0 Å². The number of halogens is 1. The molecular formula is C16H13ClN4OS. The van der Waals surface area contributed by atoms with Gasteiger partial charge < -0.3 is 11.1 Å². The van der Waals surface area contributed by atoms with Crippen molar-refractivity contribution in [1.82, 2.24) is 9.97 Å². The van der Waals surface area contributed by atoms with Crippen LogP contribution in [-0.4, -0.2) is 15.9 Å². The van der Waals surface area contributed by atoms with Gasteiger partial charge in [0.15, 0.2) is 0 Å². The topological polar surface area (TPSA) is 80.9 Å². The molecule has 1 aromatic carbocycles. The number of primary amides is 1. The lowest BCUT2D eigenvalue weighted by Gasteiger charge is -2.09. The molecule has 7 heteroatoms. The van der Waals surface area contributed by atoms with Gasteiger partial charge in [0.2, 0.25) is 11.2 Å². The highest BCUT2D eigenvalue weighted by atomic mass is 35.5. The molecule has 2 aromatic heterocycles. The molecule has 0 bridgehead atoms. The summed E-state index contributed by atoms with van der Waals surface area (Å²) in [6, 6.07) is 6.97. The van der Waals surface area contributed by atoms with E-state index in [0.717, 1.165) is 28.7 Å². The first-order valence-corrected chi connectivity index (χ1v) is 8.46. The van der Waals surface area contributed by atoms with Crippen LogP contribution < -0.4 is 11.1 Å². The SMILES string of the molecule is NC(=O)c1ccc(Nc2nc(Cl)nc3sc4c(c23)CCC4)cc1. The number of aromatic nitrogens is 2. The van der Waals surface area contributed by atoms with Gasteiger partial charge in [-0.25, -0.2) is 4.98 Å². The molecule has 0 fully saturated rings. The molecule has 3 N–H and O–H groups in total. The summed E-state index contributed by atoms with van der Waals surface area (Å²) in [5, 5.41) is 4.58. The summed E-state index contributed by atoms with van der Waals surface area (Å²) in [7, 11) is 0. The molecule has 3 aromatic rings. The van der Waals surface area contributed by atoms with E-state index in [1.165, 1.54) is 16.9 Å². The second-order valence-corrected chi connectivity index (χ2v) is 6.87. The van der Waals surface area contributed by atoms with E-state index in [1.807, 2.05) is 0 Å². The third-order valence-electron chi connectivity index (χ3n) is 3.97. The fraction of sp³-hybridized carbons (Fsp3) is 0.188. The smallest absolute Gasteiger partial charge is 0.248 e. The number of nitrogens with one attached hydrogen (secondary N) is 1. The molecule has 23 heavy (non-hydrogen) atoms. The van der Waals surface area contributed by atoms with Crippen molar-refractivity contribution in [2.75, 3.05) is 5.32 Å². The fourth-order valence-corrected chi connectivity index (χ4v) is 4.40. The minimum Gasteiger partial charge on any atom is -0.366 e. The molecule has 0 atom stereocenters. The number of carbonyl (C=O) groups excluding carboxylic acids is 1. The van der Waals surface area contributed by atoms with Gasteiger partial charge in [0, 0.05) is 16.1 Å². The van der Waals surface area contributed by atoms with Crippen molar-refractivity contribution in [1.29, 1.82) is 0 Å². The van der Waals surface area contributed by atoms with Gasteiger partial charge >= 0.3 is 0 Å². The molecule has 4 rings (SSSR count). The highest BCUT2D eigenvalue weighted by Gasteiger charge is 2.22. The van der Waals surface area contributed by atoms with Gasteiger partial charge in [-0.1, -0.05) is 0 Å². The molecule has 1 amide bonds. The summed E-state index contributed by atoms with van der Waals surface area (Å²) in [5.41, 5.74) is 7.89. The normalized spacial score (nSPS) is 13.3. The van der Waals surface area contributed by atoms with Crippen molar-refractivity contribution in [3.8, 4) is 0 Å². The number of fused-ring (bicyclic) bond motifs is 3. The van der Waals surface area contributed by atoms with Gasteiger partial charge in [0.25, 0.3) is 0 Å². The largest absolute Gasteiger partial charge is 0.366 e. The van der Waals surface area contributed by atoms with Crippen LogP contribution in [0, 0.1) is 0 Å². The maximum absolute atomic E-state index is 11.1. The summed E-state index contributed by atoms with van der Waals surface area (Å²) in [6.07, 6.45) is 3.32. The Balaban J connectivity index is 1.77. The number of rotatable bonds is 3. The molecule has 2 heterocycles. The molecular weight excluding hydrogens is 332 g/mol. The fourth-order valence-electron chi connectivity index (χ4n) is 2.91. The number of nitrogens with zero attached hydrogens (tertiary/aromatic N) is 2. The second-order valence-electron chi connectivity index (χ2n) is 5.45. The molecule has 0 saturated heterocycles. The lowest BCUT2D eigenvalue weighted by atomic mass is 10.1. The van der Waals surface area contributed by atoms with E-state index in [1.54, 1.807) is 35.6 Å². The molecule has 1 aliphatic carbocycles. The minimum atomic E-state index is -0.445. The monoisotopic (exact) mass is 344 g/mol. The van der Waals surface area contributed by atoms with Gasteiger partial charge in [0.1, 0.15) is 10.6 Å². The van der Waals surface area contributed by atoms with Crippen molar-refractivity contribution in [3.05, 3.63) is 45.6 Å². The number of anilines is 2. The number of benzene rings is 1. The number of amides is 1. The van der Waals surface area contributed by atoms with E-state index in [0.29, 0.717) is 11.4 Å². The highest BCUT2D eigenvalue weighted by molar-refractivity contribution is 7.19. The summed E-state index contributed by atoms with van der Waals surface area (Å²) in [6.45, 7) is 0. The van der Waals surface area contributed by atoms with Gasteiger partial charge in [0.05, 0.1) is 5.39 Å². The van der Waals surface area contributed by atoms with Crippen molar-refractivity contribution < 1.29 is 4.79 Å². The Bertz CT molecular complexity index is 920. The zero-order valence-corrected chi connectivity index (χ0v) is 13.7. The first-order valence-electron chi connectivity index (χ1n) is 7.26. The molecule has 5 nitrogen and oxygen atoms in total. The van der Waals surface area contributed by atoms with Crippen molar-refractivity contribution >= 4 is 50.6 Å². The van der Waals surface area contributed by atoms with Gasteiger partial charge in [-0.2, -0.15) is 4.98 Å². The third kappa shape index (κ3) is 2.54. The Hall–Kier alpha value is -2.18. The Morgan fingerprint density at radius 3 is 2.74 bits per heavy atom. The summed E-state index contributed by atoms with van der Waals surface area (Å²) >= 11 is 7.76. The Kier molecular flexibility index (Phi) is 3.43. The van der Waals surface area contributed by atoms with Gasteiger partial charge in [-0.3, -0.25) is 4.79 Å². The molecule has 0 spiro atoms. The zero-order chi connectivity index (χ0) is 16.0. The predicted octanol–water partition coefficient (Wildman–Crippen LogP) is 3.68. The average Bonchev–Trinajstić information content (AvgIpc) is 3.07. The molecule has 0 radical (unpaired) electrons. The zero-order valence-electron chi connectivity index (χ0n) is 12.1. The van der Waals surface area contributed by atoms with Crippen LogP contribution in [0.4, 0.5) is 11.5 Å². The molecule has 116 valence electrons. The van der Waals surface area contributed by atoms with Crippen LogP contribution in [0.1, 0.15) is 27.2 Å². The van der Waals surface area contributed by atoms with Crippen LogP contribution in [0.3, 0.4) is 0 Å². The first kappa shape index (κ1) is 14.4. The number of thiophene rings is 1. The summed E-state index contributed by atoms with van der Waals surface area (Å²) < 4.78 is 0. The second kappa shape index (κ2) is 5.47. The summed E-state index contributed by atoms with van der Waals surface area (Å²) in [4.78, 5) is 22.2. The standard InChI is InChI=1S/C16H13ClN4OS/c17-16-20-14(19-9-6-4-8(5-7-9)13(18)22)12-10-2-1-3-11(10)23-15(12)21-16/h4-7H,1-3H2,(H2,18,22)(H,19,20,21). The third-order valence-corrected chi connectivity index (χ3v) is 5.32. The quantitative estimate of drug-likeness (QED) is 0.710. The number of nitrogens with two attached hydrogens (primary N) is 1. The van der Waals surface area contributed by atoms with Gasteiger partial charge in [-0.15, -0.1) is 11.3 Å². The van der Waals surface area contributed by atoms with E-state index in [4.69, 9.17) is 17.3 Å². The van der Waals surface area contributed by atoms with Crippen molar-refractivity contribution in [2.45, 2.75) is 19.3 Å². The number of hydrogen-bond acceptors (Lipinski definition) is 5. The maximum atomic E-state index is 11.1. The van der Waals surface area contributed by atoms with Crippen LogP contribution in [0.25, 0.3) is 10.2 Å². The summed E-state index contributed by atoms with van der Waals surface area (Å²) in [5.74, 6) is 0.269. The molecule has 0 aliphatic heterocycles. The Morgan fingerprint density at radius 2 is 2.00 bits per heavy atom. The van der Waals surface area contributed by atoms with E-state index >= 15 is 0 Å². The van der Waals surface area contributed by atoms with Crippen LogP contribution in [0.15, 0.2) is 24.3 Å². The Morgan fingerprint density at radius 1 is 1.22 bits per heavy atom. The first-order chi connectivity index (χ1) is 11.1. The highest BCUT2D eigenvalue weighted by Crippen LogP contribution is 2.40. The van der Waals surface area contributed by atoms with Crippen LogP contribution in [0.2, 0.25) is 5.28 Å². The molecule has 1 aliphatic rings. The molecule has 0 unspecified atom stereocenters. The predicted molar refractivity (Wildman–Crippen MR) is 92.7 cm³/mol. The van der Waals surface area contributed by atoms with Crippen LogP contribution >= 0.6 is 22.9 Å². The Labute approximate surface area is 141 Å². The number of aryl methyl sites for hydroxylation is 2. The lowest BCUT2D eigenvalue weighted by molar-refractivity contribution is 0.100.